The summed E-state index contributed by atoms with van der Waals surface area (Å²) >= 11 is 6.80. The molecule has 2 aromatic heterocycles. The lowest BCUT2D eigenvalue weighted by atomic mass is 10.1. The van der Waals surface area contributed by atoms with Crippen LogP contribution in [0.5, 0.6) is 0 Å². The Labute approximate surface area is 220 Å². The molecule has 1 amide bonds. The Hall–Kier alpha value is -3.01. The Balaban J connectivity index is 1.54. The molecule has 0 radical (unpaired) electrons. The molecule has 5 rings (SSSR count). The second-order valence-corrected chi connectivity index (χ2v) is 10.9. The molecule has 0 unspecified atom stereocenters. The quantitative estimate of drug-likeness (QED) is 0.375. The number of aryl methyl sites for hydroxylation is 2. The Kier molecular flexibility index (Phi) is 6.96. The summed E-state index contributed by atoms with van der Waals surface area (Å²) in [6, 6.07) is 11.9. The molecule has 2 aliphatic heterocycles. The van der Waals surface area contributed by atoms with Crippen LogP contribution in [-0.4, -0.2) is 62.1 Å². The summed E-state index contributed by atoms with van der Waals surface area (Å²) in [6.07, 6.45) is 3.49. The first-order valence-corrected chi connectivity index (χ1v) is 13.4. The van der Waals surface area contributed by atoms with Crippen LogP contribution in [0.2, 0.25) is 0 Å². The van der Waals surface area contributed by atoms with E-state index in [4.69, 9.17) is 17.2 Å². The molecule has 36 heavy (non-hydrogen) atoms. The van der Waals surface area contributed by atoms with Crippen molar-refractivity contribution >= 4 is 51.7 Å². The number of hydrogen-bond acceptors (Lipinski definition) is 7. The number of benzene rings is 1. The van der Waals surface area contributed by atoms with Gasteiger partial charge in [-0.3, -0.25) is 18.9 Å². The number of thioether (sulfide) groups is 1. The van der Waals surface area contributed by atoms with Gasteiger partial charge in [0.05, 0.1) is 17.0 Å². The molecule has 186 valence electrons. The largest absolute Gasteiger partial charge is 0.353 e. The summed E-state index contributed by atoms with van der Waals surface area (Å²) in [5.41, 5.74) is 3.99. The normalized spacial score (nSPS) is 18.1. The zero-order valence-corrected chi connectivity index (χ0v) is 22.4. The third-order valence-corrected chi connectivity index (χ3v) is 8.09. The van der Waals surface area contributed by atoms with Crippen molar-refractivity contribution in [3.05, 3.63) is 80.1 Å². The second-order valence-electron chi connectivity index (χ2n) is 9.26. The number of pyridine rings is 1. The molecule has 0 atom stereocenters. The van der Waals surface area contributed by atoms with E-state index in [1.807, 2.05) is 50.2 Å². The van der Waals surface area contributed by atoms with Gasteiger partial charge in [0.25, 0.3) is 11.5 Å². The van der Waals surface area contributed by atoms with Gasteiger partial charge in [-0.1, -0.05) is 66.8 Å². The molecule has 1 aromatic carbocycles. The van der Waals surface area contributed by atoms with Gasteiger partial charge in [0.2, 0.25) is 0 Å². The molecule has 0 bridgehead atoms. The van der Waals surface area contributed by atoms with Crippen LogP contribution in [0.25, 0.3) is 11.7 Å². The summed E-state index contributed by atoms with van der Waals surface area (Å²) in [7, 11) is 0. The van der Waals surface area contributed by atoms with E-state index in [0.717, 1.165) is 49.4 Å². The minimum atomic E-state index is -0.180. The van der Waals surface area contributed by atoms with Gasteiger partial charge in [-0.05, 0) is 43.7 Å². The van der Waals surface area contributed by atoms with E-state index in [1.165, 1.54) is 11.8 Å². The molecular weight excluding hydrogens is 490 g/mol. The third kappa shape index (κ3) is 4.83. The summed E-state index contributed by atoms with van der Waals surface area (Å²) in [4.78, 5) is 38.6. The molecule has 0 N–H and O–H groups in total. The molecule has 2 saturated heterocycles. The van der Waals surface area contributed by atoms with Crippen molar-refractivity contribution in [3.8, 4) is 0 Å². The molecule has 3 aromatic rings. The van der Waals surface area contributed by atoms with E-state index >= 15 is 0 Å². The molecular formula is C27H29N5O2S2. The van der Waals surface area contributed by atoms with E-state index in [2.05, 4.69) is 16.7 Å². The van der Waals surface area contributed by atoms with Crippen LogP contribution in [0.3, 0.4) is 0 Å². The maximum absolute atomic E-state index is 13.7. The molecule has 7 nitrogen and oxygen atoms in total. The maximum atomic E-state index is 13.7. The number of likely N-dealkylation sites (N-methyl/N-ethyl adjacent to an activating group) is 1. The summed E-state index contributed by atoms with van der Waals surface area (Å²) in [6.45, 7) is 10.9. The molecule has 9 heteroatoms. The second kappa shape index (κ2) is 10.2. The zero-order chi connectivity index (χ0) is 25.4. The number of aromatic nitrogens is 2. The lowest BCUT2D eigenvalue weighted by molar-refractivity contribution is -0.122. The summed E-state index contributed by atoms with van der Waals surface area (Å²) in [5, 5.41) is 0. The number of rotatable bonds is 5. The number of carbonyl (C=O) groups excluding carboxylic acids is 1. The molecule has 2 aliphatic rings. The Morgan fingerprint density at radius 2 is 1.69 bits per heavy atom. The van der Waals surface area contributed by atoms with Crippen molar-refractivity contribution in [2.45, 2.75) is 27.3 Å². The van der Waals surface area contributed by atoms with E-state index in [1.54, 1.807) is 21.6 Å². The number of nitrogens with zero attached hydrogens (tertiary/aromatic N) is 5. The third-order valence-electron chi connectivity index (χ3n) is 6.71. The Bertz CT molecular complexity index is 1420. The van der Waals surface area contributed by atoms with Crippen molar-refractivity contribution in [1.29, 1.82) is 0 Å². The molecule has 2 fully saturated rings. The van der Waals surface area contributed by atoms with E-state index in [0.29, 0.717) is 32.8 Å². The summed E-state index contributed by atoms with van der Waals surface area (Å²) < 4.78 is 2.06. The fraction of sp³-hybridized carbons (Fsp3) is 0.333. The van der Waals surface area contributed by atoms with Crippen molar-refractivity contribution in [2.75, 3.05) is 37.6 Å². The van der Waals surface area contributed by atoms with Gasteiger partial charge in [0.15, 0.2) is 0 Å². The van der Waals surface area contributed by atoms with Crippen molar-refractivity contribution in [3.63, 3.8) is 0 Å². The smallest absolute Gasteiger partial charge is 0.267 e. The SMILES string of the molecule is CCN1CCN(c2nc3ccc(C)cn3c(=O)c2/C=C2/SC(=S)N(Cc3ccc(C)cc3)C2=O)CC1. The van der Waals surface area contributed by atoms with Crippen molar-refractivity contribution in [1.82, 2.24) is 19.2 Å². The first-order valence-electron chi connectivity index (χ1n) is 12.2. The van der Waals surface area contributed by atoms with Crippen LogP contribution in [0.1, 0.15) is 29.2 Å². The molecule has 0 saturated carbocycles. The van der Waals surface area contributed by atoms with E-state index in [-0.39, 0.29) is 11.5 Å². The standard InChI is InChI=1S/C27H29N5O2S2/c1-4-29-11-13-30(14-12-29)24-21(25(33)31-16-19(3)7-10-23(31)28-24)15-22-26(34)32(27(35)36-22)17-20-8-5-18(2)6-9-20/h5-10,15-16H,4,11-14,17H2,1-3H3/b22-15+. The predicted molar refractivity (Wildman–Crippen MR) is 150 cm³/mol. The molecule has 0 spiro atoms. The fourth-order valence-electron chi connectivity index (χ4n) is 4.53. The molecule has 0 aliphatic carbocycles. The van der Waals surface area contributed by atoms with Crippen molar-refractivity contribution in [2.24, 2.45) is 0 Å². The lowest BCUT2D eigenvalue weighted by Crippen LogP contribution is -2.47. The number of thiocarbonyl (C=S) groups is 1. The van der Waals surface area contributed by atoms with Gasteiger partial charge >= 0.3 is 0 Å². The minimum Gasteiger partial charge on any atom is -0.353 e. The minimum absolute atomic E-state index is 0.180. The number of piperazine rings is 1. The zero-order valence-electron chi connectivity index (χ0n) is 20.7. The highest BCUT2D eigenvalue weighted by atomic mass is 32.2. The average molecular weight is 520 g/mol. The van der Waals surface area contributed by atoms with E-state index < -0.39 is 0 Å². The monoisotopic (exact) mass is 519 g/mol. The van der Waals surface area contributed by atoms with Crippen LogP contribution in [0, 0.1) is 13.8 Å². The topological polar surface area (TPSA) is 61.2 Å². The number of fused-ring (bicyclic) bond motifs is 1. The number of anilines is 1. The maximum Gasteiger partial charge on any atom is 0.267 e. The Morgan fingerprint density at radius 3 is 2.39 bits per heavy atom. The van der Waals surface area contributed by atoms with Crippen LogP contribution in [0.4, 0.5) is 5.82 Å². The molecule has 4 heterocycles. The number of hydrogen-bond donors (Lipinski definition) is 0. The van der Waals surface area contributed by atoms with E-state index in [9.17, 15) is 9.59 Å². The van der Waals surface area contributed by atoms with Crippen molar-refractivity contribution < 1.29 is 4.79 Å². The highest BCUT2D eigenvalue weighted by Gasteiger charge is 2.33. The summed E-state index contributed by atoms with van der Waals surface area (Å²) in [5.74, 6) is 0.449. The predicted octanol–water partition coefficient (Wildman–Crippen LogP) is 3.85. The first-order chi connectivity index (χ1) is 17.3. The highest BCUT2D eigenvalue weighted by Crippen LogP contribution is 2.34. The van der Waals surface area contributed by atoms with Gasteiger partial charge < -0.3 is 9.80 Å². The van der Waals surface area contributed by atoms with Gasteiger partial charge in [0.1, 0.15) is 15.8 Å². The highest BCUT2D eigenvalue weighted by molar-refractivity contribution is 8.26. The van der Waals surface area contributed by atoms with Crippen LogP contribution >= 0.6 is 24.0 Å². The first kappa shape index (κ1) is 24.7. The fourth-order valence-corrected chi connectivity index (χ4v) is 5.77. The van der Waals surface area contributed by atoms with Crippen LogP contribution in [0.15, 0.2) is 52.3 Å². The Morgan fingerprint density at radius 1 is 1.00 bits per heavy atom. The number of carbonyl (C=O) groups is 1. The van der Waals surface area contributed by atoms with Gasteiger partial charge in [0, 0.05) is 32.4 Å². The average Bonchev–Trinajstić information content (AvgIpc) is 3.14. The van der Waals surface area contributed by atoms with Gasteiger partial charge in [-0.15, -0.1) is 0 Å². The van der Waals surface area contributed by atoms with Crippen LogP contribution < -0.4 is 10.5 Å². The van der Waals surface area contributed by atoms with Gasteiger partial charge in [-0.2, -0.15) is 0 Å². The number of amides is 1. The van der Waals surface area contributed by atoms with Gasteiger partial charge in [-0.25, -0.2) is 4.98 Å². The lowest BCUT2D eigenvalue weighted by Gasteiger charge is -2.35. The van der Waals surface area contributed by atoms with Crippen LogP contribution in [-0.2, 0) is 11.3 Å².